The Bertz CT molecular complexity index is 584. The zero-order valence-corrected chi connectivity index (χ0v) is 11.7. The number of benzene rings is 1. The van der Waals surface area contributed by atoms with Gasteiger partial charge in [0.15, 0.2) is 0 Å². The molecule has 2 atom stereocenters. The molecule has 1 aromatic carbocycles. The first kappa shape index (κ1) is 13.2. The van der Waals surface area contributed by atoms with Gasteiger partial charge in [0, 0.05) is 23.1 Å². The van der Waals surface area contributed by atoms with Crippen LogP contribution in [-0.4, -0.2) is 23.8 Å². The molecule has 3 rings (SSSR count). The van der Waals surface area contributed by atoms with E-state index in [-0.39, 0.29) is 6.10 Å². The summed E-state index contributed by atoms with van der Waals surface area (Å²) in [4.78, 5) is 11.6. The van der Waals surface area contributed by atoms with E-state index in [1.54, 1.807) is 0 Å². The number of carboxylic acid groups (broad SMARTS) is 1. The van der Waals surface area contributed by atoms with E-state index in [1.165, 1.54) is 0 Å². The van der Waals surface area contributed by atoms with Crippen molar-refractivity contribution in [1.82, 2.24) is 0 Å². The molecule has 1 aliphatic carbocycles. The smallest absolute Gasteiger partial charge is 0.328 e. The summed E-state index contributed by atoms with van der Waals surface area (Å²) in [5.41, 5.74) is 7.31. The van der Waals surface area contributed by atoms with Crippen LogP contribution >= 0.6 is 0 Å². The fourth-order valence-electron chi connectivity index (χ4n) is 3.24. The predicted molar refractivity (Wildman–Crippen MR) is 73.2 cm³/mol. The lowest BCUT2D eigenvalue weighted by molar-refractivity contribution is -0.143. The van der Waals surface area contributed by atoms with Crippen molar-refractivity contribution < 1.29 is 19.4 Å². The molecule has 5 heteroatoms. The van der Waals surface area contributed by atoms with Gasteiger partial charge in [-0.3, -0.25) is 0 Å². The molecule has 2 aliphatic rings. The molecule has 2 unspecified atom stereocenters. The molecule has 0 amide bonds. The topological polar surface area (TPSA) is 81.8 Å². The van der Waals surface area contributed by atoms with Gasteiger partial charge >= 0.3 is 5.97 Å². The minimum absolute atomic E-state index is 0.0459. The normalized spacial score (nSPS) is 26.9. The van der Waals surface area contributed by atoms with Crippen LogP contribution in [0.5, 0.6) is 11.5 Å². The third-order valence-corrected chi connectivity index (χ3v) is 4.15. The summed E-state index contributed by atoms with van der Waals surface area (Å²) in [6.45, 7) is 4.44. The predicted octanol–water partition coefficient (Wildman–Crippen LogP) is 1.59. The Hall–Kier alpha value is -1.75. The van der Waals surface area contributed by atoms with E-state index in [2.05, 4.69) is 0 Å². The molecule has 0 saturated heterocycles. The highest BCUT2D eigenvalue weighted by Crippen LogP contribution is 2.49. The third kappa shape index (κ3) is 1.69. The summed E-state index contributed by atoms with van der Waals surface area (Å²) in [6, 6.07) is 1.98. The number of fused-ring (bicyclic) bond motifs is 3. The fourth-order valence-corrected chi connectivity index (χ4v) is 3.24. The Morgan fingerprint density at radius 3 is 3.05 bits per heavy atom. The van der Waals surface area contributed by atoms with Crippen molar-refractivity contribution in [3.8, 4) is 11.5 Å². The van der Waals surface area contributed by atoms with Gasteiger partial charge in [-0.15, -0.1) is 0 Å². The van der Waals surface area contributed by atoms with Gasteiger partial charge in [-0.05, 0) is 32.8 Å². The van der Waals surface area contributed by atoms with Crippen molar-refractivity contribution in [3.63, 3.8) is 0 Å². The van der Waals surface area contributed by atoms with Gasteiger partial charge < -0.3 is 20.3 Å². The molecule has 3 N–H and O–H groups in total. The second kappa shape index (κ2) is 4.38. The number of aliphatic carboxylic acids is 1. The van der Waals surface area contributed by atoms with Crippen LogP contribution in [0.15, 0.2) is 6.07 Å². The minimum atomic E-state index is -1.36. The van der Waals surface area contributed by atoms with Crippen molar-refractivity contribution in [2.24, 2.45) is 5.73 Å². The number of carbonyl (C=O) groups is 1. The molecule has 1 aromatic rings. The van der Waals surface area contributed by atoms with E-state index in [9.17, 15) is 9.90 Å². The SMILES string of the molecule is CCOc1cc2c(c3c1CCC3(N)C(=O)O)OC(C)C2. The van der Waals surface area contributed by atoms with E-state index in [0.717, 1.165) is 23.3 Å². The zero-order valence-electron chi connectivity index (χ0n) is 11.7. The van der Waals surface area contributed by atoms with Crippen molar-refractivity contribution >= 4 is 5.97 Å². The van der Waals surface area contributed by atoms with Crippen LogP contribution in [0.3, 0.4) is 0 Å². The minimum Gasteiger partial charge on any atom is -0.494 e. The Labute approximate surface area is 117 Å². The highest BCUT2D eigenvalue weighted by atomic mass is 16.5. The molecule has 0 saturated carbocycles. The lowest BCUT2D eigenvalue weighted by Crippen LogP contribution is -2.43. The maximum Gasteiger partial charge on any atom is 0.328 e. The third-order valence-electron chi connectivity index (χ3n) is 4.15. The van der Waals surface area contributed by atoms with Crippen LogP contribution < -0.4 is 15.2 Å². The van der Waals surface area contributed by atoms with Crippen molar-refractivity contribution in [3.05, 3.63) is 22.8 Å². The van der Waals surface area contributed by atoms with Gasteiger partial charge in [0.2, 0.25) is 0 Å². The van der Waals surface area contributed by atoms with E-state index in [0.29, 0.717) is 30.8 Å². The number of rotatable bonds is 3. The van der Waals surface area contributed by atoms with Gasteiger partial charge in [0.1, 0.15) is 23.1 Å². The summed E-state index contributed by atoms with van der Waals surface area (Å²) in [7, 11) is 0. The van der Waals surface area contributed by atoms with E-state index < -0.39 is 11.5 Å². The second-order valence-electron chi connectivity index (χ2n) is 5.56. The van der Waals surface area contributed by atoms with Gasteiger partial charge in [-0.25, -0.2) is 4.79 Å². The molecular formula is C15H19NO4. The van der Waals surface area contributed by atoms with Crippen LogP contribution in [0.2, 0.25) is 0 Å². The largest absolute Gasteiger partial charge is 0.494 e. The first-order valence-electron chi connectivity index (χ1n) is 6.98. The maximum atomic E-state index is 11.6. The van der Waals surface area contributed by atoms with Crippen LogP contribution in [0.1, 0.15) is 37.0 Å². The lowest BCUT2D eigenvalue weighted by Gasteiger charge is -2.23. The fraction of sp³-hybridized carbons (Fsp3) is 0.533. The van der Waals surface area contributed by atoms with Crippen LogP contribution in [0, 0.1) is 0 Å². The number of carboxylic acids is 1. The lowest BCUT2D eigenvalue weighted by atomic mass is 9.90. The average molecular weight is 277 g/mol. The number of hydrogen-bond acceptors (Lipinski definition) is 4. The molecule has 1 aliphatic heterocycles. The van der Waals surface area contributed by atoms with Crippen molar-refractivity contribution in [2.75, 3.05) is 6.61 Å². The van der Waals surface area contributed by atoms with Gasteiger partial charge in [-0.2, -0.15) is 0 Å². The summed E-state index contributed by atoms with van der Waals surface area (Å²) in [5.74, 6) is 0.418. The number of nitrogens with two attached hydrogens (primary N) is 1. The molecule has 108 valence electrons. The Morgan fingerprint density at radius 2 is 2.40 bits per heavy atom. The van der Waals surface area contributed by atoms with Gasteiger partial charge in [0.05, 0.1) is 6.61 Å². The summed E-state index contributed by atoms with van der Waals surface area (Å²) in [5, 5.41) is 9.52. The van der Waals surface area contributed by atoms with E-state index in [1.807, 2.05) is 19.9 Å². The zero-order chi connectivity index (χ0) is 14.5. The number of ether oxygens (including phenoxy) is 2. The highest BCUT2D eigenvalue weighted by molar-refractivity contribution is 5.85. The first-order valence-corrected chi connectivity index (χ1v) is 6.98. The summed E-state index contributed by atoms with van der Waals surface area (Å²) in [6.07, 6.45) is 1.80. The number of hydrogen-bond donors (Lipinski definition) is 2. The molecule has 0 aromatic heterocycles. The average Bonchev–Trinajstić information content (AvgIpc) is 2.91. The van der Waals surface area contributed by atoms with Crippen LogP contribution in [-0.2, 0) is 23.2 Å². The molecule has 0 bridgehead atoms. The van der Waals surface area contributed by atoms with Gasteiger partial charge in [-0.1, -0.05) is 0 Å². The highest BCUT2D eigenvalue weighted by Gasteiger charge is 2.47. The van der Waals surface area contributed by atoms with Crippen molar-refractivity contribution in [2.45, 2.75) is 44.8 Å². The summed E-state index contributed by atoms with van der Waals surface area (Å²) < 4.78 is 11.5. The molecule has 0 spiro atoms. The molecule has 1 heterocycles. The molecule has 20 heavy (non-hydrogen) atoms. The van der Waals surface area contributed by atoms with E-state index >= 15 is 0 Å². The standard InChI is InChI=1S/C15H19NO4/c1-3-19-11-7-9-6-8(2)20-13(9)12-10(11)4-5-15(12,16)14(17)18/h7-8H,3-6,16H2,1-2H3,(H,17,18). The van der Waals surface area contributed by atoms with Crippen molar-refractivity contribution in [1.29, 1.82) is 0 Å². The van der Waals surface area contributed by atoms with E-state index in [4.69, 9.17) is 15.2 Å². The molecule has 0 radical (unpaired) electrons. The molecule has 0 fully saturated rings. The Kier molecular flexibility index (Phi) is 2.90. The van der Waals surface area contributed by atoms with Crippen LogP contribution in [0.4, 0.5) is 0 Å². The quantitative estimate of drug-likeness (QED) is 0.877. The second-order valence-corrected chi connectivity index (χ2v) is 5.56. The monoisotopic (exact) mass is 277 g/mol. The Morgan fingerprint density at radius 1 is 1.65 bits per heavy atom. The maximum absolute atomic E-state index is 11.6. The summed E-state index contributed by atoms with van der Waals surface area (Å²) >= 11 is 0. The van der Waals surface area contributed by atoms with Crippen LogP contribution in [0.25, 0.3) is 0 Å². The Balaban J connectivity index is 2.23. The first-order chi connectivity index (χ1) is 9.47. The molecule has 5 nitrogen and oxygen atoms in total. The van der Waals surface area contributed by atoms with Gasteiger partial charge in [0.25, 0.3) is 0 Å². The molecular weight excluding hydrogens is 258 g/mol.